The number of Topliss-reactive ketones (excluding diaryl/α,β-unsaturated/α-hetero) is 1. The van der Waals surface area contributed by atoms with Crippen LogP contribution in [0.25, 0.3) is 5.69 Å². The van der Waals surface area contributed by atoms with Crippen LogP contribution in [-0.4, -0.2) is 25.9 Å². The van der Waals surface area contributed by atoms with Gasteiger partial charge in [-0.05, 0) is 32.9 Å². The summed E-state index contributed by atoms with van der Waals surface area (Å²) in [4.78, 5) is 24.9. The Bertz CT molecular complexity index is 981. The summed E-state index contributed by atoms with van der Waals surface area (Å²) in [6.07, 6.45) is 0.0629. The molecule has 1 aromatic heterocycles. The standard InChI is InChI=1S/C18H20N4O4/c1-11-14(16(24)22(21(11)4)12-8-6-5-7-9-12)19-20-15-13(23)10-18(2,3)26-17(15)25/h5-9,25H,10H2,1-4H3/b20-19+. The average molecular weight is 356 g/mol. The van der Waals surface area contributed by atoms with Gasteiger partial charge < -0.3 is 9.84 Å². The van der Waals surface area contributed by atoms with E-state index in [1.807, 2.05) is 18.2 Å². The van der Waals surface area contributed by atoms with Crippen LogP contribution >= 0.6 is 0 Å². The van der Waals surface area contributed by atoms with Crippen LogP contribution < -0.4 is 5.56 Å². The summed E-state index contributed by atoms with van der Waals surface area (Å²) in [6.45, 7) is 5.11. The van der Waals surface area contributed by atoms with Gasteiger partial charge in [-0.1, -0.05) is 18.2 Å². The highest BCUT2D eigenvalue weighted by molar-refractivity contribution is 5.96. The van der Waals surface area contributed by atoms with Crippen molar-refractivity contribution in [2.24, 2.45) is 17.3 Å². The van der Waals surface area contributed by atoms with Crippen LogP contribution in [0.4, 0.5) is 5.69 Å². The Kier molecular flexibility index (Phi) is 4.27. The molecule has 0 aliphatic carbocycles. The third kappa shape index (κ3) is 3.05. The first-order valence-electron chi connectivity index (χ1n) is 8.12. The number of rotatable bonds is 3. The zero-order chi connectivity index (χ0) is 19.1. The molecule has 26 heavy (non-hydrogen) atoms. The Labute approximate surface area is 150 Å². The molecule has 8 nitrogen and oxygen atoms in total. The number of hydrogen-bond acceptors (Lipinski definition) is 6. The first kappa shape index (κ1) is 17.7. The van der Waals surface area contributed by atoms with E-state index in [0.717, 1.165) is 0 Å². The van der Waals surface area contributed by atoms with Crippen molar-refractivity contribution >= 4 is 11.5 Å². The van der Waals surface area contributed by atoms with E-state index in [1.54, 1.807) is 44.6 Å². The van der Waals surface area contributed by atoms with Gasteiger partial charge in [0.2, 0.25) is 5.70 Å². The van der Waals surface area contributed by atoms with Crippen molar-refractivity contribution in [1.29, 1.82) is 0 Å². The van der Waals surface area contributed by atoms with Crippen molar-refractivity contribution in [2.75, 3.05) is 0 Å². The largest absolute Gasteiger partial charge is 0.479 e. The van der Waals surface area contributed by atoms with Crippen molar-refractivity contribution in [3.8, 4) is 5.69 Å². The van der Waals surface area contributed by atoms with Gasteiger partial charge in [0.15, 0.2) is 11.5 Å². The van der Waals surface area contributed by atoms with E-state index in [4.69, 9.17) is 4.74 Å². The molecule has 136 valence electrons. The van der Waals surface area contributed by atoms with Gasteiger partial charge in [0.05, 0.1) is 17.8 Å². The topological polar surface area (TPSA) is 98.2 Å². The molecule has 2 heterocycles. The number of carbonyl (C=O) groups is 1. The number of nitrogens with zero attached hydrogens (tertiary/aromatic N) is 4. The molecular weight excluding hydrogens is 336 g/mol. The zero-order valence-electron chi connectivity index (χ0n) is 15.1. The Hall–Kier alpha value is -3.16. The highest BCUT2D eigenvalue weighted by atomic mass is 16.6. The maximum atomic E-state index is 12.7. The molecule has 1 aliphatic rings. The molecule has 0 atom stereocenters. The van der Waals surface area contributed by atoms with Crippen LogP contribution in [0.3, 0.4) is 0 Å². The van der Waals surface area contributed by atoms with Crippen LogP contribution in [0.1, 0.15) is 26.0 Å². The quantitative estimate of drug-likeness (QED) is 0.855. The number of ketones is 1. The number of aliphatic hydroxyl groups excluding tert-OH is 1. The van der Waals surface area contributed by atoms with E-state index in [0.29, 0.717) is 11.4 Å². The van der Waals surface area contributed by atoms with E-state index in [9.17, 15) is 14.7 Å². The number of allylic oxidation sites excluding steroid dienone is 1. The molecule has 0 saturated carbocycles. The smallest absolute Gasteiger partial charge is 0.309 e. The molecule has 2 aromatic rings. The van der Waals surface area contributed by atoms with Gasteiger partial charge in [-0.3, -0.25) is 14.3 Å². The molecule has 0 saturated heterocycles. The van der Waals surface area contributed by atoms with Crippen molar-refractivity contribution < 1.29 is 14.6 Å². The predicted octanol–water partition coefficient (Wildman–Crippen LogP) is 3.06. The fourth-order valence-electron chi connectivity index (χ4n) is 2.80. The molecule has 1 N–H and O–H groups in total. The normalized spacial score (nSPS) is 17.0. The van der Waals surface area contributed by atoms with Gasteiger partial charge in [-0.15, -0.1) is 10.2 Å². The third-order valence-electron chi connectivity index (χ3n) is 4.20. The lowest BCUT2D eigenvalue weighted by atomic mass is 9.98. The number of hydrogen-bond donors (Lipinski definition) is 1. The summed E-state index contributed by atoms with van der Waals surface area (Å²) >= 11 is 0. The molecule has 8 heteroatoms. The third-order valence-corrected chi connectivity index (χ3v) is 4.20. The molecule has 3 rings (SSSR count). The molecule has 0 radical (unpaired) electrons. The fraction of sp³-hybridized carbons (Fsp3) is 0.333. The minimum absolute atomic E-state index is 0.0629. The number of aromatic nitrogens is 2. The molecule has 0 fully saturated rings. The molecule has 0 spiro atoms. The molecule has 1 aliphatic heterocycles. The van der Waals surface area contributed by atoms with Crippen LogP contribution in [0.2, 0.25) is 0 Å². The average Bonchev–Trinajstić information content (AvgIpc) is 2.77. The second-order valence-corrected chi connectivity index (χ2v) is 6.73. The number of para-hydroxylation sites is 1. The van der Waals surface area contributed by atoms with Crippen LogP contribution in [0, 0.1) is 6.92 Å². The Morgan fingerprint density at radius 3 is 2.42 bits per heavy atom. The first-order chi connectivity index (χ1) is 12.2. The second kappa shape index (κ2) is 6.29. The van der Waals surface area contributed by atoms with Crippen LogP contribution in [-0.2, 0) is 16.6 Å². The SMILES string of the molecule is Cc1c(/N=N/C2=C(O)OC(C)(C)CC2=O)c(=O)n(-c2ccccc2)n1C. The highest BCUT2D eigenvalue weighted by Crippen LogP contribution is 2.29. The van der Waals surface area contributed by atoms with Gasteiger partial charge in [-0.2, -0.15) is 0 Å². The summed E-state index contributed by atoms with van der Waals surface area (Å²) in [6, 6.07) is 9.12. The maximum absolute atomic E-state index is 12.7. The Morgan fingerprint density at radius 2 is 1.81 bits per heavy atom. The van der Waals surface area contributed by atoms with Crippen LogP contribution in [0.15, 0.2) is 57.0 Å². The number of benzene rings is 1. The maximum Gasteiger partial charge on any atom is 0.309 e. The second-order valence-electron chi connectivity index (χ2n) is 6.73. The number of aliphatic hydroxyl groups is 1. The van der Waals surface area contributed by atoms with Crippen molar-refractivity contribution in [1.82, 2.24) is 9.36 Å². The van der Waals surface area contributed by atoms with Crippen LogP contribution in [0.5, 0.6) is 0 Å². The summed E-state index contributed by atoms with van der Waals surface area (Å²) in [5.41, 5.74) is -0.0993. The molecular formula is C18H20N4O4. The molecule has 1 aromatic carbocycles. The predicted molar refractivity (Wildman–Crippen MR) is 94.7 cm³/mol. The molecule has 0 unspecified atom stereocenters. The van der Waals surface area contributed by atoms with Gasteiger partial charge >= 0.3 is 5.95 Å². The highest BCUT2D eigenvalue weighted by Gasteiger charge is 2.35. The van der Waals surface area contributed by atoms with E-state index in [2.05, 4.69) is 10.2 Å². The zero-order valence-corrected chi connectivity index (χ0v) is 15.1. The number of ether oxygens (including phenoxy) is 1. The van der Waals surface area contributed by atoms with E-state index >= 15 is 0 Å². The molecule has 0 amide bonds. The number of azo groups is 1. The van der Waals surface area contributed by atoms with E-state index in [1.165, 1.54) is 4.68 Å². The van der Waals surface area contributed by atoms with Gasteiger partial charge in [-0.25, -0.2) is 4.68 Å². The Morgan fingerprint density at radius 1 is 1.15 bits per heavy atom. The van der Waals surface area contributed by atoms with E-state index in [-0.39, 0.29) is 29.1 Å². The summed E-state index contributed by atoms with van der Waals surface area (Å²) in [5.74, 6) is -0.966. The minimum atomic E-state index is -0.803. The lowest BCUT2D eigenvalue weighted by molar-refractivity contribution is -0.127. The lowest BCUT2D eigenvalue weighted by Crippen LogP contribution is -2.33. The van der Waals surface area contributed by atoms with Crippen molar-refractivity contribution in [2.45, 2.75) is 32.8 Å². The summed E-state index contributed by atoms with van der Waals surface area (Å²) in [7, 11) is 1.73. The van der Waals surface area contributed by atoms with Gasteiger partial charge in [0.25, 0.3) is 5.56 Å². The molecule has 0 bridgehead atoms. The van der Waals surface area contributed by atoms with Gasteiger partial charge in [0.1, 0.15) is 5.60 Å². The van der Waals surface area contributed by atoms with Crippen molar-refractivity contribution in [3.63, 3.8) is 0 Å². The summed E-state index contributed by atoms with van der Waals surface area (Å²) in [5, 5.41) is 17.7. The fourth-order valence-corrected chi connectivity index (χ4v) is 2.80. The number of carbonyl (C=O) groups excluding carboxylic acids is 1. The minimum Gasteiger partial charge on any atom is -0.479 e. The van der Waals surface area contributed by atoms with E-state index < -0.39 is 11.5 Å². The summed E-state index contributed by atoms with van der Waals surface area (Å²) < 4.78 is 8.39. The van der Waals surface area contributed by atoms with Gasteiger partial charge in [0, 0.05) is 7.05 Å². The first-order valence-corrected chi connectivity index (χ1v) is 8.12. The monoisotopic (exact) mass is 356 g/mol. The lowest BCUT2D eigenvalue weighted by Gasteiger charge is -2.28. The Balaban J connectivity index is 2.03. The van der Waals surface area contributed by atoms with Crippen molar-refractivity contribution in [3.05, 3.63) is 58.0 Å².